The van der Waals surface area contributed by atoms with Gasteiger partial charge in [0, 0.05) is 29.2 Å². The Bertz CT molecular complexity index is 1410. The third-order valence-corrected chi connectivity index (χ3v) is 6.24. The molecule has 1 heterocycles. The number of para-hydroxylation sites is 1. The predicted molar refractivity (Wildman–Crippen MR) is 121 cm³/mol. The maximum absolute atomic E-state index is 12.5. The second kappa shape index (κ2) is 8.46. The molecule has 0 fully saturated rings. The minimum atomic E-state index is -3.74. The van der Waals surface area contributed by atoms with Crippen LogP contribution >= 0.6 is 0 Å². The third kappa shape index (κ3) is 4.34. The Kier molecular flexibility index (Phi) is 5.56. The largest absolute Gasteiger partial charge is 0.342 e. The number of nitrogens with one attached hydrogen (secondary N) is 1. The summed E-state index contributed by atoms with van der Waals surface area (Å²) in [6.07, 6.45) is 3.41. The zero-order chi connectivity index (χ0) is 21.8. The second-order valence-corrected chi connectivity index (χ2v) is 8.83. The highest BCUT2D eigenvalue weighted by atomic mass is 32.2. The Labute approximate surface area is 181 Å². The lowest BCUT2D eigenvalue weighted by molar-refractivity contribution is 0.584. The van der Waals surface area contributed by atoms with Crippen LogP contribution in [0.5, 0.6) is 0 Å². The van der Waals surface area contributed by atoms with E-state index in [0.29, 0.717) is 12.1 Å². The van der Waals surface area contributed by atoms with Gasteiger partial charge in [0.25, 0.3) is 10.0 Å². The number of benzene rings is 3. The summed E-state index contributed by atoms with van der Waals surface area (Å²) in [5, 5.41) is 14.3. The summed E-state index contributed by atoms with van der Waals surface area (Å²) in [5.41, 5.74) is 4.26. The first-order chi connectivity index (χ1) is 15.0. The van der Waals surface area contributed by atoms with Gasteiger partial charge in [-0.2, -0.15) is 18.8 Å². The van der Waals surface area contributed by atoms with Crippen molar-refractivity contribution in [1.29, 1.82) is 5.26 Å². The highest BCUT2D eigenvalue weighted by molar-refractivity contribution is 7.89. The van der Waals surface area contributed by atoms with E-state index in [2.05, 4.69) is 16.0 Å². The molecule has 4 aromatic rings. The number of sulfonamides is 1. The molecule has 0 aliphatic carbocycles. The number of rotatable bonds is 6. The standard InChI is InChI=1S/C24H20N4O2S/c1-18-10-12-22(13-11-18)31(29,30)27-26-15-21-17-28(24-9-5-4-8-23(21)24)16-20-7-3-2-6-19(20)14-25/h2-13,15,17,27H,16H2,1H3. The van der Waals surface area contributed by atoms with Gasteiger partial charge in [-0.1, -0.05) is 54.1 Å². The number of nitrogens with zero attached hydrogens (tertiary/aromatic N) is 3. The molecule has 4 rings (SSSR count). The number of aryl methyl sites for hydroxylation is 1. The van der Waals surface area contributed by atoms with Crippen molar-refractivity contribution in [3.8, 4) is 6.07 Å². The molecule has 0 amide bonds. The summed E-state index contributed by atoms with van der Waals surface area (Å²) in [7, 11) is -3.74. The molecular formula is C24H20N4O2S. The van der Waals surface area contributed by atoms with E-state index in [9.17, 15) is 13.7 Å². The van der Waals surface area contributed by atoms with Crippen molar-refractivity contribution < 1.29 is 8.42 Å². The Hall–Kier alpha value is -3.89. The lowest BCUT2D eigenvalue weighted by atomic mass is 10.1. The number of hydrogen-bond donors (Lipinski definition) is 1. The van der Waals surface area contributed by atoms with Crippen LogP contribution < -0.4 is 4.83 Å². The molecular weight excluding hydrogens is 408 g/mol. The summed E-state index contributed by atoms with van der Waals surface area (Å²) in [6.45, 7) is 2.42. The first kappa shape index (κ1) is 20.4. The first-order valence-corrected chi connectivity index (χ1v) is 11.1. The van der Waals surface area contributed by atoms with Gasteiger partial charge in [0.15, 0.2) is 0 Å². The monoisotopic (exact) mass is 428 g/mol. The molecule has 0 atom stereocenters. The molecule has 154 valence electrons. The van der Waals surface area contributed by atoms with E-state index < -0.39 is 10.0 Å². The van der Waals surface area contributed by atoms with Gasteiger partial charge in [0.05, 0.1) is 22.7 Å². The first-order valence-electron chi connectivity index (χ1n) is 9.65. The van der Waals surface area contributed by atoms with E-state index in [1.165, 1.54) is 6.21 Å². The van der Waals surface area contributed by atoms with Crippen LogP contribution in [0.1, 0.15) is 22.3 Å². The molecule has 0 radical (unpaired) electrons. The Balaban J connectivity index is 1.63. The number of aromatic nitrogens is 1. The fourth-order valence-corrected chi connectivity index (χ4v) is 4.19. The molecule has 31 heavy (non-hydrogen) atoms. The van der Waals surface area contributed by atoms with Crippen molar-refractivity contribution in [2.75, 3.05) is 0 Å². The van der Waals surface area contributed by atoms with Crippen LogP contribution in [0.15, 0.2) is 89.0 Å². The molecule has 0 aliphatic heterocycles. The van der Waals surface area contributed by atoms with Crippen molar-refractivity contribution in [3.05, 3.63) is 101 Å². The highest BCUT2D eigenvalue weighted by Crippen LogP contribution is 2.22. The average molecular weight is 429 g/mol. The van der Waals surface area contributed by atoms with Crippen LogP contribution in [0, 0.1) is 18.3 Å². The SMILES string of the molecule is Cc1ccc(S(=O)(=O)NN=Cc2cn(Cc3ccccc3C#N)c3ccccc23)cc1. The molecule has 1 aromatic heterocycles. The molecule has 0 saturated heterocycles. The Morgan fingerprint density at radius 1 is 1.03 bits per heavy atom. The van der Waals surface area contributed by atoms with Crippen LogP contribution in [0.4, 0.5) is 0 Å². The van der Waals surface area contributed by atoms with Gasteiger partial charge >= 0.3 is 0 Å². The summed E-state index contributed by atoms with van der Waals surface area (Å²) in [6, 6.07) is 24.1. The summed E-state index contributed by atoms with van der Waals surface area (Å²) in [4.78, 5) is 2.43. The molecule has 0 spiro atoms. The van der Waals surface area contributed by atoms with Crippen LogP contribution in [0.2, 0.25) is 0 Å². The van der Waals surface area contributed by atoms with Crippen LogP contribution in [0.3, 0.4) is 0 Å². The van der Waals surface area contributed by atoms with E-state index >= 15 is 0 Å². The summed E-state index contributed by atoms with van der Waals surface area (Å²) < 4.78 is 26.9. The number of hydrogen-bond acceptors (Lipinski definition) is 4. The van der Waals surface area contributed by atoms with Gasteiger partial charge in [-0.05, 0) is 36.8 Å². The van der Waals surface area contributed by atoms with Crippen LogP contribution in [-0.4, -0.2) is 19.2 Å². The minimum Gasteiger partial charge on any atom is -0.342 e. The Morgan fingerprint density at radius 2 is 1.74 bits per heavy atom. The predicted octanol–water partition coefficient (Wildman–Crippen LogP) is 4.18. The van der Waals surface area contributed by atoms with Crippen molar-refractivity contribution in [3.63, 3.8) is 0 Å². The maximum Gasteiger partial charge on any atom is 0.276 e. The number of fused-ring (bicyclic) bond motifs is 1. The highest BCUT2D eigenvalue weighted by Gasteiger charge is 2.13. The molecule has 1 N–H and O–H groups in total. The molecule has 0 unspecified atom stereocenters. The topological polar surface area (TPSA) is 87.2 Å². The van der Waals surface area contributed by atoms with Gasteiger partial charge in [0.1, 0.15) is 0 Å². The van der Waals surface area contributed by atoms with Gasteiger partial charge < -0.3 is 4.57 Å². The zero-order valence-corrected chi connectivity index (χ0v) is 17.7. The normalized spacial score (nSPS) is 11.6. The van der Waals surface area contributed by atoms with Crippen molar-refractivity contribution in [1.82, 2.24) is 9.40 Å². The number of nitriles is 1. The molecule has 0 aliphatic rings. The van der Waals surface area contributed by atoms with E-state index in [1.54, 1.807) is 30.3 Å². The second-order valence-electron chi connectivity index (χ2n) is 7.16. The van der Waals surface area contributed by atoms with Gasteiger partial charge in [-0.3, -0.25) is 0 Å². The molecule has 6 nitrogen and oxygen atoms in total. The van der Waals surface area contributed by atoms with Crippen molar-refractivity contribution in [2.24, 2.45) is 5.10 Å². The van der Waals surface area contributed by atoms with E-state index in [0.717, 1.165) is 27.6 Å². The molecule has 0 bridgehead atoms. The lowest BCUT2D eigenvalue weighted by Gasteiger charge is -2.07. The van der Waals surface area contributed by atoms with E-state index in [-0.39, 0.29) is 4.90 Å². The summed E-state index contributed by atoms with van der Waals surface area (Å²) >= 11 is 0. The fraction of sp³-hybridized carbons (Fsp3) is 0.0833. The number of hydrazone groups is 1. The average Bonchev–Trinajstić information content (AvgIpc) is 3.12. The zero-order valence-electron chi connectivity index (χ0n) is 16.9. The van der Waals surface area contributed by atoms with Crippen LogP contribution in [0.25, 0.3) is 10.9 Å². The minimum absolute atomic E-state index is 0.158. The smallest absolute Gasteiger partial charge is 0.276 e. The molecule has 3 aromatic carbocycles. The summed E-state index contributed by atoms with van der Waals surface area (Å²) in [5.74, 6) is 0. The van der Waals surface area contributed by atoms with Crippen molar-refractivity contribution in [2.45, 2.75) is 18.4 Å². The van der Waals surface area contributed by atoms with Crippen molar-refractivity contribution >= 4 is 27.1 Å². The Morgan fingerprint density at radius 3 is 2.52 bits per heavy atom. The van der Waals surface area contributed by atoms with E-state index in [4.69, 9.17) is 0 Å². The van der Waals surface area contributed by atoms with Crippen LogP contribution in [-0.2, 0) is 16.6 Å². The third-order valence-electron chi connectivity index (χ3n) is 5.01. The van der Waals surface area contributed by atoms with E-state index in [1.807, 2.05) is 60.2 Å². The molecule has 0 saturated carbocycles. The van der Waals surface area contributed by atoms with Gasteiger partial charge in [-0.25, -0.2) is 4.83 Å². The van der Waals surface area contributed by atoms with Gasteiger partial charge in [0.2, 0.25) is 0 Å². The fourth-order valence-electron chi connectivity index (χ4n) is 3.40. The molecule has 7 heteroatoms. The van der Waals surface area contributed by atoms with Gasteiger partial charge in [-0.15, -0.1) is 0 Å². The lowest BCUT2D eigenvalue weighted by Crippen LogP contribution is -2.18. The maximum atomic E-state index is 12.5. The quantitative estimate of drug-likeness (QED) is 0.369.